The lowest BCUT2D eigenvalue weighted by Crippen LogP contribution is -2.38. The standard InChI is InChI=1S/C21H25N/c1-3-7-17(8-4-1)15-22(16-18-9-5-2-6-10-18)21-14-19-11-12-20(21)13-19/h1-10,19-21H,11-16H2/t19-,20+,21-/m0/s1. The van der Waals surface area contributed by atoms with Gasteiger partial charge in [-0.3, -0.25) is 4.90 Å². The maximum absolute atomic E-state index is 2.74. The highest BCUT2D eigenvalue weighted by atomic mass is 15.2. The van der Waals surface area contributed by atoms with Gasteiger partial charge in [0.05, 0.1) is 0 Å². The van der Waals surface area contributed by atoms with E-state index in [0.29, 0.717) is 0 Å². The zero-order chi connectivity index (χ0) is 14.8. The van der Waals surface area contributed by atoms with Crippen LogP contribution in [-0.2, 0) is 13.1 Å². The molecule has 1 nitrogen and oxygen atoms in total. The predicted molar refractivity (Wildman–Crippen MR) is 91.4 cm³/mol. The first-order valence-corrected chi connectivity index (χ1v) is 8.70. The average molecular weight is 291 g/mol. The summed E-state index contributed by atoms with van der Waals surface area (Å²) in [6.45, 7) is 2.17. The Morgan fingerprint density at radius 3 is 1.77 bits per heavy atom. The number of nitrogens with zero attached hydrogens (tertiary/aromatic N) is 1. The van der Waals surface area contributed by atoms with Gasteiger partial charge < -0.3 is 0 Å². The highest BCUT2D eigenvalue weighted by Gasteiger charge is 2.42. The van der Waals surface area contributed by atoms with Crippen LogP contribution in [0.2, 0.25) is 0 Å². The van der Waals surface area contributed by atoms with Crippen molar-refractivity contribution in [2.45, 2.75) is 44.8 Å². The molecular weight excluding hydrogens is 266 g/mol. The van der Waals surface area contributed by atoms with Crippen molar-refractivity contribution in [2.24, 2.45) is 11.8 Å². The van der Waals surface area contributed by atoms with Crippen molar-refractivity contribution in [3.8, 4) is 0 Å². The first-order valence-electron chi connectivity index (χ1n) is 8.70. The van der Waals surface area contributed by atoms with E-state index in [1.165, 1.54) is 36.8 Å². The topological polar surface area (TPSA) is 3.24 Å². The van der Waals surface area contributed by atoms with Gasteiger partial charge in [-0.1, -0.05) is 67.1 Å². The molecule has 2 aliphatic rings. The molecular formula is C21H25N. The Bertz CT molecular complexity index is 550. The second kappa shape index (κ2) is 6.26. The molecule has 2 aromatic rings. The highest BCUT2D eigenvalue weighted by Crippen LogP contribution is 2.47. The number of hydrogen-bond acceptors (Lipinski definition) is 1. The van der Waals surface area contributed by atoms with E-state index in [1.807, 2.05) is 0 Å². The molecule has 2 aliphatic carbocycles. The van der Waals surface area contributed by atoms with Crippen molar-refractivity contribution in [1.82, 2.24) is 4.90 Å². The third-order valence-electron chi connectivity index (χ3n) is 5.63. The van der Waals surface area contributed by atoms with Crippen molar-refractivity contribution in [3.63, 3.8) is 0 Å². The number of rotatable bonds is 5. The molecule has 4 rings (SSSR count). The van der Waals surface area contributed by atoms with E-state index in [-0.39, 0.29) is 0 Å². The quantitative estimate of drug-likeness (QED) is 0.759. The summed E-state index contributed by atoms with van der Waals surface area (Å²) in [6, 6.07) is 22.7. The maximum atomic E-state index is 2.74. The summed E-state index contributed by atoms with van der Waals surface area (Å²) in [7, 11) is 0. The van der Waals surface area contributed by atoms with Gasteiger partial charge >= 0.3 is 0 Å². The Kier molecular flexibility index (Phi) is 3.99. The molecule has 2 fully saturated rings. The monoisotopic (exact) mass is 291 g/mol. The summed E-state index contributed by atoms with van der Waals surface area (Å²) >= 11 is 0. The van der Waals surface area contributed by atoms with Crippen LogP contribution < -0.4 is 0 Å². The molecule has 0 unspecified atom stereocenters. The maximum Gasteiger partial charge on any atom is 0.0240 e. The molecule has 0 N–H and O–H groups in total. The van der Waals surface area contributed by atoms with Gasteiger partial charge in [0, 0.05) is 19.1 Å². The van der Waals surface area contributed by atoms with Crippen molar-refractivity contribution in [1.29, 1.82) is 0 Å². The highest BCUT2D eigenvalue weighted by molar-refractivity contribution is 5.18. The minimum atomic E-state index is 0.791. The van der Waals surface area contributed by atoms with Crippen LogP contribution in [0.3, 0.4) is 0 Å². The summed E-state index contributed by atoms with van der Waals surface area (Å²) < 4.78 is 0. The molecule has 22 heavy (non-hydrogen) atoms. The SMILES string of the molecule is c1ccc(CN(Cc2ccccc2)[C@H]2C[C@H]3CC[C@@H]2C3)cc1. The van der Waals surface area contributed by atoms with Crippen molar-refractivity contribution < 1.29 is 0 Å². The number of fused-ring (bicyclic) bond motifs is 2. The lowest BCUT2D eigenvalue weighted by molar-refractivity contribution is 0.126. The smallest absolute Gasteiger partial charge is 0.0240 e. The molecule has 3 atom stereocenters. The summed E-state index contributed by atoms with van der Waals surface area (Å²) in [5.74, 6) is 1.95. The van der Waals surface area contributed by atoms with E-state index in [2.05, 4.69) is 65.6 Å². The largest absolute Gasteiger partial charge is 0.292 e. The van der Waals surface area contributed by atoms with E-state index in [4.69, 9.17) is 0 Å². The Hall–Kier alpha value is -1.60. The summed E-state index contributed by atoms with van der Waals surface area (Å²) in [4.78, 5) is 2.74. The van der Waals surface area contributed by atoms with Gasteiger partial charge in [0.2, 0.25) is 0 Å². The van der Waals surface area contributed by atoms with Crippen LogP contribution in [0, 0.1) is 11.8 Å². The van der Waals surface area contributed by atoms with Crippen molar-refractivity contribution in [3.05, 3.63) is 71.8 Å². The van der Waals surface area contributed by atoms with Crippen LogP contribution >= 0.6 is 0 Å². The third-order valence-corrected chi connectivity index (χ3v) is 5.63. The van der Waals surface area contributed by atoms with E-state index in [9.17, 15) is 0 Å². The Labute approximate surface area is 134 Å². The van der Waals surface area contributed by atoms with Crippen molar-refractivity contribution >= 4 is 0 Å². The third kappa shape index (κ3) is 2.96. The van der Waals surface area contributed by atoms with Gasteiger partial charge in [0.15, 0.2) is 0 Å². The lowest BCUT2D eigenvalue weighted by atomic mass is 9.93. The van der Waals surface area contributed by atoms with Gasteiger partial charge in [0.25, 0.3) is 0 Å². The first kappa shape index (κ1) is 14.0. The number of benzene rings is 2. The minimum absolute atomic E-state index is 0.791. The first-order chi connectivity index (χ1) is 10.9. The second-order valence-electron chi connectivity index (χ2n) is 7.12. The van der Waals surface area contributed by atoms with Gasteiger partial charge in [-0.2, -0.15) is 0 Å². The molecule has 0 saturated heterocycles. The van der Waals surface area contributed by atoms with Gasteiger partial charge in [0.1, 0.15) is 0 Å². The average Bonchev–Trinajstić information content (AvgIpc) is 3.19. The summed E-state index contributed by atoms with van der Waals surface area (Å²) in [6.07, 6.45) is 5.83. The molecule has 0 heterocycles. The Morgan fingerprint density at radius 1 is 0.727 bits per heavy atom. The molecule has 0 radical (unpaired) electrons. The predicted octanol–water partition coefficient (Wildman–Crippen LogP) is 4.88. The Morgan fingerprint density at radius 2 is 1.32 bits per heavy atom. The van der Waals surface area contributed by atoms with Crippen LogP contribution in [0.4, 0.5) is 0 Å². The second-order valence-corrected chi connectivity index (χ2v) is 7.12. The van der Waals surface area contributed by atoms with Crippen LogP contribution in [0.5, 0.6) is 0 Å². The molecule has 2 saturated carbocycles. The summed E-state index contributed by atoms with van der Waals surface area (Å²) in [5, 5.41) is 0. The van der Waals surface area contributed by atoms with Gasteiger partial charge in [-0.25, -0.2) is 0 Å². The fourth-order valence-electron chi connectivity index (χ4n) is 4.58. The Balaban J connectivity index is 1.54. The fraction of sp³-hybridized carbons (Fsp3) is 0.429. The molecule has 0 aliphatic heterocycles. The molecule has 1 heteroatoms. The van der Waals surface area contributed by atoms with Crippen LogP contribution in [0.1, 0.15) is 36.8 Å². The van der Waals surface area contributed by atoms with E-state index in [1.54, 1.807) is 0 Å². The van der Waals surface area contributed by atoms with Crippen LogP contribution in [-0.4, -0.2) is 10.9 Å². The van der Waals surface area contributed by atoms with E-state index >= 15 is 0 Å². The molecule has 2 aromatic carbocycles. The van der Waals surface area contributed by atoms with Crippen LogP contribution in [0.25, 0.3) is 0 Å². The van der Waals surface area contributed by atoms with E-state index in [0.717, 1.165) is 31.0 Å². The van der Waals surface area contributed by atoms with Gasteiger partial charge in [-0.05, 0) is 42.2 Å². The van der Waals surface area contributed by atoms with Crippen molar-refractivity contribution in [2.75, 3.05) is 0 Å². The normalized spacial score (nSPS) is 26.7. The van der Waals surface area contributed by atoms with E-state index < -0.39 is 0 Å². The molecule has 2 bridgehead atoms. The molecule has 0 aromatic heterocycles. The molecule has 0 spiro atoms. The minimum Gasteiger partial charge on any atom is -0.292 e. The van der Waals surface area contributed by atoms with Crippen LogP contribution in [0.15, 0.2) is 60.7 Å². The molecule has 0 amide bonds. The number of hydrogen-bond donors (Lipinski definition) is 0. The van der Waals surface area contributed by atoms with Gasteiger partial charge in [-0.15, -0.1) is 0 Å². The summed E-state index contributed by atoms with van der Waals surface area (Å²) in [5.41, 5.74) is 2.89. The lowest BCUT2D eigenvalue weighted by Gasteiger charge is -2.35. The zero-order valence-corrected chi connectivity index (χ0v) is 13.2. The molecule has 114 valence electrons. The fourth-order valence-corrected chi connectivity index (χ4v) is 4.58. The zero-order valence-electron chi connectivity index (χ0n) is 13.2.